The number of nitrogens with two attached hydrogens (primary N) is 1. The van der Waals surface area contributed by atoms with Crippen molar-refractivity contribution in [2.75, 3.05) is 13.1 Å². The molecular weight excluding hydrogens is 304 g/mol. The number of primary sulfonamides is 1. The predicted molar refractivity (Wildman–Crippen MR) is 82.6 cm³/mol. The molecule has 0 spiro atoms. The van der Waals surface area contributed by atoms with Crippen LogP contribution in [0.15, 0.2) is 34.7 Å². The Morgan fingerprint density at radius 2 is 2.14 bits per heavy atom. The Balaban J connectivity index is 1.59. The molecule has 1 aliphatic rings. The van der Waals surface area contributed by atoms with Crippen molar-refractivity contribution >= 4 is 26.9 Å². The number of para-hydroxylation sites is 1. The van der Waals surface area contributed by atoms with Gasteiger partial charge in [-0.15, -0.1) is 0 Å². The summed E-state index contributed by atoms with van der Waals surface area (Å²) in [6.07, 6.45) is 1.22. The lowest BCUT2D eigenvalue weighted by molar-refractivity contribution is -0.130. The van der Waals surface area contributed by atoms with Crippen LogP contribution in [0.3, 0.4) is 0 Å². The van der Waals surface area contributed by atoms with Crippen molar-refractivity contribution in [3.8, 4) is 0 Å². The van der Waals surface area contributed by atoms with Gasteiger partial charge in [0, 0.05) is 31.3 Å². The third kappa shape index (κ3) is 3.15. The number of rotatable bonds is 4. The number of sulfonamides is 1. The summed E-state index contributed by atoms with van der Waals surface area (Å²) in [5.41, 5.74) is 0.806. The van der Waals surface area contributed by atoms with Gasteiger partial charge in [0.2, 0.25) is 15.9 Å². The van der Waals surface area contributed by atoms with Gasteiger partial charge in [-0.25, -0.2) is 13.6 Å². The number of fused-ring (bicyclic) bond motifs is 1. The summed E-state index contributed by atoms with van der Waals surface area (Å²) in [5.74, 6) is 0.698. The maximum Gasteiger partial charge on any atom is 0.223 e. The molecule has 6 nitrogen and oxygen atoms in total. The lowest BCUT2D eigenvalue weighted by Crippen LogP contribution is -2.34. The average Bonchev–Trinajstić information content (AvgIpc) is 3.10. The van der Waals surface area contributed by atoms with Crippen molar-refractivity contribution in [2.45, 2.75) is 24.5 Å². The molecule has 2 N–H and O–H groups in total. The van der Waals surface area contributed by atoms with E-state index >= 15 is 0 Å². The van der Waals surface area contributed by atoms with E-state index in [9.17, 15) is 13.2 Å². The third-order valence-electron chi connectivity index (χ3n) is 4.02. The van der Waals surface area contributed by atoms with Gasteiger partial charge in [0.1, 0.15) is 11.3 Å². The number of carbonyl (C=O) groups excluding carboxylic acids is 1. The molecule has 1 aromatic heterocycles. The van der Waals surface area contributed by atoms with Crippen LogP contribution in [0.2, 0.25) is 0 Å². The lowest BCUT2D eigenvalue weighted by atomic mass is 10.2. The lowest BCUT2D eigenvalue weighted by Gasteiger charge is -2.15. The van der Waals surface area contributed by atoms with Crippen molar-refractivity contribution in [2.24, 2.45) is 5.14 Å². The molecule has 0 radical (unpaired) electrons. The highest BCUT2D eigenvalue weighted by molar-refractivity contribution is 7.89. The van der Waals surface area contributed by atoms with E-state index in [1.807, 2.05) is 30.3 Å². The Hall–Kier alpha value is -1.86. The Bertz CT molecular complexity index is 764. The zero-order valence-corrected chi connectivity index (χ0v) is 12.9. The van der Waals surface area contributed by atoms with Gasteiger partial charge in [-0.2, -0.15) is 0 Å². The van der Waals surface area contributed by atoms with Crippen LogP contribution < -0.4 is 5.14 Å². The van der Waals surface area contributed by atoms with Gasteiger partial charge in [-0.05, 0) is 18.6 Å². The normalized spacial score (nSPS) is 19.0. The minimum absolute atomic E-state index is 0.0633. The van der Waals surface area contributed by atoms with E-state index in [2.05, 4.69) is 0 Å². The molecule has 2 heterocycles. The van der Waals surface area contributed by atoms with E-state index in [0.717, 1.165) is 16.7 Å². The minimum atomic E-state index is -3.57. The highest BCUT2D eigenvalue weighted by atomic mass is 32.2. The number of carbonyl (C=O) groups is 1. The molecule has 0 bridgehead atoms. The van der Waals surface area contributed by atoms with Crippen molar-refractivity contribution in [1.82, 2.24) is 4.90 Å². The molecule has 0 saturated carbocycles. The fraction of sp³-hybridized carbons (Fsp3) is 0.400. The highest BCUT2D eigenvalue weighted by Crippen LogP contribution is 2.21. The molecule has 3 rings (SSSR count). The van der Waals surface area contributed by atoms with Gasteiger partial charge < -0.3 is 9.32 Å². The van der Waals surface area contributed by atoms with Gasteiger partial charge in [0.15, 0.2) is 0 Å². The standard InChI is InChI=1S/C15H18N2O4S/c16-22(19,20)13-7-8-17(10-13)15(18)6-5-12-9-11-3-1-2-4-14(11)21-12/h1-4,9,13H,5-8,10H2,(H2,16,19,20). The summed E-state index contributed by atoms with van der Waals surface area (Å²) in [6.45, 7) is 0.637. The van der Waals surface area contributed by atoms with Crippen LogP contribution in [0.1, 0.15) is 18.6 Å². The average molecular weight is 322 g/mol. The SMILES string of the molecule is NS(=O)(=O)C1CCN(C(=O)CCc2cc3ccccc3o2)C1. The summed E-state index contributed by atoms with van der Waals surface area (Å²) < 4.78 is 28.3. The van der Waals surface area contributed by atoms with Crippen molar-refractivity contribution in [3.05, 3.63) is 36.1 Å². The smallest absolute Gasteiger partial charge is 0.223 e. The second kappa shape index (κ2) is 5.73. The first-order chi connectivity index (χ1) is 10.4. The Morgan fingerprint density at radius 1 is 1.36 bits per heavy atom. The van der Waals surface area contributed by atoms with Crippen LogP contribution >= 0.6 is 0 Å². The first kappa shape index (κ1) is 15.1. The van der Waals surface area contributed by atoms with E-state index in [4.69, 9.17) is 9.56 Å². The minimum Gasteiger partial charge on any atom is -0.461 e. The number of hydrogen-bond donors (Lipinski definition) is 1. The highest BCUT2D eigenvalue weighted by Gasteiger charge is 2.32. The van der Waals surface area contributed by atoms with Crippen molar-refractivity contribution in [1.29, 1.82) is 0 Å². The zero-order valence-electron chi connectivity index (χ0n) is 12.1. The van der Waals surface area contributed by atoms with Crippen molar-refractivity contribution in [3.63, 3.8) is 0 Å². The largest absolute Gasteiger partial charge is 0.461 e. The first-order valence-electron chi connectivity index (χ1n) is 7.20. The van der Waals surface area contributed by atoms with Crippen LogP contribution in [0, 0.1) is 0 Å². The van der Waals surface area contributed by atoms with Crippen LogP contribution in [-0.2, 0) is 21.2 Å². The van der Waals surface area contributed by atoms with Gasteiger partial charge in [0.05, 0.1) is 5.25 Å². The summed E-state index contributed by atoms with van der Waals surface area (Å²) in [6, 6.07) is 9.61. The monoisotopic (exact) mass is 322 g/mol. The number of hydrogen-bond acceptors (Lipinski definition) is 4. The number of likely N-dealkylation sites (tertiary alicyclic amines) is 1. The molecule has 1 unspecified atom stereocenters. The van der Waals surface area contributed by atoms with Gasteiger partial charge in [-0.1, -0.05) is 18.2 Å². The molecule has 7 heteroatoms. The molecule has 1 amide bonds. The Kier molecular flexibility index (Phi) is 3.92. The van der Waals surface area contributed by atoms with Gasteiger partial charge in [0.25, 0.3) is 0 Å². The molecule has 118 valence electrons. The molecule has 1 atom stereocenters. The van der Waals surface area contributed by atoms with E-state index < -0.39 is 15.3 Å². The maximum atomic E-state index is 12.2. The predicted octanol–water partition coefficient (Wildman–Crippen LogP) is 1.25. The Labute approximate surface area is 128 Å². The van der Waals surface area contributed by atoms with Gasteiger partial charge in [-0.3, -0.25) is 4.79 Å². The zero-order chi connectivity index (χ0) is 15.7. The van der Waals surface area contributed by atoms with Crippen LogP contribution in [0.25, 0.3) is 11.0 Å². The fourth-order valence-electron chi connectivity index (χ4n) is 2.77. The molecule has 1 saturated heterocycles. The molecule has 22 heavy (non-hydrogen) atoms. The molecule has 1 aliphatic heterocycles. The first-order valence-corrected chi connectivity index (χ1v) is 8.81. The topological polar surface area (TPSA) is 93.6 Å². The van der Waals surface area contributed by atoms with E-state index in [1.54, 1.807) is 4.90 Å². The van der Waals surface area contributed by atoms with E-state index in [0.29, 0.717) is 25.8 Å². The van der Waals surface area contributed by atoms with Gasteiger partial charge >= 0.3 is 0 Å². The third-order valence-corrected chi connectivity index (χ3v) is 5.34. The fourth-order valence-corrected chi connectivity index (χ4v) is 3.59. The van der Waals surface area contributed by atoms with E-state index in [1.165, 1.54) is 0 Å². The second-order valence-electron chi connectivity index (χ2n) is 5.59. The molecule has 2 aromatic rings. The number of aryl methyl sites for hydroxylation is 1. The second-order valence-corrected chi connectivity index (χ2v) is 7.43. The van der Waals surface area contributed by atoms with Crippen LogP contribution in [-0.4, -0.2) is 37.6 Å². The number of amides is 1. The summed E-state index contributed by atoms with van der Waals surface area (Å²) in [4.78, 5) is 13.7. The van der Waals surface area contributed by atoms with Crippen LogP contribution in [0.4, 0.5) is 0 Å². The summed E-state index contributed by atoms with van der Waals surface area (Å²) in [7, 11) is -3.57. The van der Waals surface area contributed by atoms with E-state index in [-0.39, 0.29) is 12.5 Å². The Morgan fingerprint density at radius 3 is 2.82 bits per heavy atom. The van der Waals surface area contributed by atoms with Crippen LogP contribution in [0.5, 0.6) is 0 Å². The summed E-state index contributed by atoms with van der Waals surface area (Å²) >= 11 is 0. The number of furan rings is 1. The van der Waals surface area contributed by atoms with Crippen molar-refractivity contribution < 1.29 is 17.6 Å². The number of benzene rings is 1. The molecule has 0 aliphatic carbocycles. The molecule has 1 aromatic carbocycles. The maximum absolute atomic E-state index is 12.2. The molecule has 1 fully saturated rings. The summed E-state index contributed by atoms with van der Waals surface area (Å²) in [5, 5.41) is 5.51. The quantitative estimate of drug-likeness (QED) is 0.917. The number of nitrogens with zero attached hydrogens (tertiary/aromatic N) is 1. The molecular formula is C15H18N2O4S.